The molecule has 160 valence electrons. The fraction of sp³-hybridized carbons (Fsp3) is 0.421. The number of hydrogen-bond donors (Lipinski definition) is 2. The summed E-state index contributed by atoms with van der Waals surface area (Å²) in [6.07, 6.45) is 2.00. The van der Waals surface area contributed by atoms with E-state index in [1.165, 1.54) is 11.3 Å². The van der Waals surface area contributed by atoms with Crippen LogP contribution in [0, 0.1) is 0 Å². The van der Waals surface area contributed by atoms with Gasteiger partial charge in [0.1, 0.15) is 16.4 Å². The number of nitrogens with one attached hydrogen (secondary N) is 2. The minimum absolute atomic E-state index is 0.00716. The van der Waals surface area contributed by atoms with Gasteiger partial charge in [0.05, 0.1) is 36.2 Å². The zero-order chi connectivity index (χ0) is 21.3. The third-order valence-corrected chi connectivity index (χ3v) is 7.71. The smallest absolute Gasteiger partial charge is 0.260 e. The van der Waals surface area contributed by atoms with E-state index in [0.717, 1.165) is 0 Å². The van der Waals surface area contributed by atoms with Gasteiger partial charge < -0.3 is 14.7 Å². The van der Waals surface area contributed by atoms with Crippen molar-refractivity contribution in [3.05, 3.63) is 40.0 Å². The highest BCUT2D eigenvalue weighted by Crippen LogP contribution is 2.30. The van der Waals surface area contributed by atoms with Gasteiger partial charge in [-0.1, -0.05) is 6.92 Å². The number of amides is 1. The second-order valence-electron chi connectivity index (χ2n) is 7.29. The summed E-state index contributed by atoms with van der Waals surface area (Å²) in [5, 5.41) is 5.12. The van der Waals surface area contributed by atoms with Gasteiger partial charge in [0.25, 0.3) is 5.56 Å². The number of hydrogen-bond acceptors (Lipinski definition) is 8. The summed E-state index contributed by atoms with van der Waals surface area (Å²) < 4.78 is 28.5. The minimum Gasteiger partial charge on any atom is -0.464 e. The van der Waals surface area contributed by atoms with Gasteiger partial charge in [-0.2, -0.15) is 0 Å². The lowest BCUT2D eigenvalue weighted by molar-refractivity contribution is -0.122. The molecule has 1 aliphatic rings. The Bertz CT molecular complexity index is 1210. The molecule has 0 radical (unpaired) electrons. The maximum absolute atomic E-state index is 12.7. The molecule has 3 aromatic rings. The van der Waals surface area contributed by atoms with Crippen molar-refractivity contribution in [3.63, 3.8) is 0 Å². The van der Waals surface area contributed by atoms with Crippen molar-refractivity contribution >= 4 is 37.3 Å². The number of fused-ring (bicyclic) bond motifs is 1. The van der Waals surface area contributed by atoms with E-state index in [0.29, 0.717) is 46.9 Å². The number of H-pyrrole nitrogens is 1. The summed E-state index contributed by atoms with van der Waals surface area (Å²) in [4.78, 5) is 34.8. The van der Waals surface area contributed by atoms with E-state index in [1.807, 2.05) is 17.2 Å². The Morgan fingerprint density at radius 3 is 2.97 bits per heavy atom. The first-order valence-corrected chi connectivity index (χ1v) is 12.3. The average molecular weight is 451 g/mol. The largest absolute Gasteiger partial charge is 0.464 e. The molecule has 4 rings (SSSR count). The van der Waals surface area contributed by atoms with Crippen molar-refractivity contribution in [3.8, 4) is 11.3 Å². The first kappa shape index (κ1) is 20.8. The van der Waals surface area contributed by atoms with Gasteiger partial charge in [0.2, 0.25) is 5.91 Å². The average Bonchev–Trinajstić information content (AvgIpc) is 3.40. The van der Waals surface area contributed by atoms with Crippen molar-refractivity contribution in [1.82, 2.24) is 20.2 Å². The summed E-state index contributed by atoms with van der Waals surface area (Å²) in [5.74, 6) is 0.952. The predicted molar refractivity (Wildman–Crippen MR) is 114 cm³/mol. The lowest BCUT2D eigenvalue weighted by Crippen LogP contribution is -2.42. The highest BCUT2D eigenvalue weighted by Gasteiger charge is 2.29. The summed E-state index contributed by atoms with van der Waals surface area (Å²) in [5.41, 5.74) is 0.456. The lowest BCUT2D eigenvalue weighted by atomic mass is 10.2. The van der Waals surface area contributed by atoms with E-state index in [9.17, 15) is 18.0 Å². The number of aromatic amines is 1. The monoisotopic (exact) mass is 450 g/mol. The van der Waals surface area contributed by atoms with Crippen LogP contribution in [-0.4, -0.2) is 59.8 Å². The van der Waals surface area contributed by atoms with Crippen molar-refractivity contribution in [1.29, 1.82) is 0 Å². The third-order valence-electron chi connectivity index (χ3n) is 5.06. The summed E-state index contributed by atoms with van der Waals surface area (Å²) in [7, 11) is -3.05. The van der Waals surface area contributed by atoms with Crippen LogP contribution in [0.5, 0.6) is 0 Å². The molecule has 1 amide bonds. The first-order chi connectivity index (χ1) is 14.3. The molecule has 1 saturated heterocycles. The Balaban J connectivity index is 1.46. The second-order valence-corrected chi connectivity index (χ2v) is 10.4. The molecule has 0 aliphatic carbocycles. The van der Waals surface area contributed by atoms with Crippen LogP contribution in [0.2, 0.25) is 0 Å². The fourth-order valence-electron chi connectivity index (χ4n) is 3.56. The van der Waals surface area contributed by atoms with E-state index < -0.39 is 9.84 Å². The van der Waals surface area contributed by atoms with Crippen molar-refractivity contribution in [2.24, 2.45) is 0 Å². The third kappa shape index (κ3) is 4.47. The molecular weight excluding hydrogens is 428 g/mol. The lowest BCUT2D eigenvalue weighted by Gasteiger charge is -2.20. The molecule has 0 spiro atoms. The molecule has 0 aromatic carbocycles. The molecule has 3 aromatic heterocycles. The van der Waals surface area contributed by atoms with Crippen LogP contribution in [0.15, 0.2) is 33.0 Å². The van der Waals surface area contributed by atoms with Crippen LogP contribution in [0.4, 0.5) is 0 Å². The Labute approximate surface area is 177 Å². The fourth-order valence-corrected chi connectivity index (χ4v) is 6.18. The second kappa shape index (κ2) is 8.32. The summed E-state index contributed by atoms with van der Waals surface area (Å²) in [6.45, 7) is 2.87. The highest BCUT2D eigenvalue weighted by molar-refractivity contribution is 7.91. The van der Waals surface area contributed by atoms with Gasteiger partial charge in [-0.25, -0.2) is 13.4 Å². The molecular formula is C19H22N4O5S2. The van der Waals surface area contributed by atoms with Crippen molar-refractivity contribution < 1.29 is 17.6 Å². The van der Waals surface area contributed by atoms with Crippen LogP contribution in [0.1, 0.15) is 19.2 Å². The molecule has 9 nitrogen and oxygen atoms in total. The zero-order valence-corrected chi connectivity index (χ0v) is 18.0. The van der Waals surface area contributed by atoms with Gasteiger partial charge in [-0.15, -0.1) is 11.3 Å². The molecule has 0 saturated carbocycles. The van der Waals surface area contributed by atoms with E-state index >= 15 is 0 Å². The normalized spacial score (nSPS) is 18.3. The van der Waals surface area contributed by atoms with Crippen LogP contribution in [0.25, 0.3) is 21.5 Å². The molecule has 4 heterocycles. The molecule has 1 fully saturated rings. The number of carbonyl (C=O) groups excluding carboxylic acids is 1. The maximum atomic E-state index is 12.7. The van der Waals surface area contributed by atoms with Gasteiger partial charge in [0, 0.05) is 17.0 Å². The van der Waals surface area contributed by atoms with Gasteiger partial charge in [-0.3, -0.25) is 14.5 Å². The van der Waals surface area contributed by atoms with Crippen LogP contribution in [0.3, 0.4) is 0 Å². The number of aromatic nitrogens is 2. The number of thiophene rings is 1. The zero-order valence-electron chi connectivity index (χ0n) is 16.4. The number of rotatable bonds is 7. The molecule has 1 aliphatic heterocycles. The van der Waals surface area contributed by atoms with Crippen molar-refractivity contribution in [2.75, 3.05) is 24.6 Å². The first-order valence-electron chi connectivity index (χ1n) is 9.61. The predicted octanol–water partition coefficient (Wildman–Crippen LogP) is 1.37. The van der Waals surface area contributed by atoms with Crippen LogP contribution in [-0.2, 0) is 21.2 Å². The molecule has 1 unspecified atom stereocenters. The Morgan fingerprint density at radius 2 is 2.30 bits per heavy atom. The summed E-state index contributed by atoms with van der Waals surface area (Å²) >= 11 is 1.36. The van der Waals surface area contributed by atoms with Gasteiger partial charge in [0.15, 0.2) is 9.84 Å². The van der Waals surface area contributed by atoms with E-state index in [2.05, 4.69) is 15.3 Å². The highest BCUT2D eigenvalue weighted by atomic mass is 32.2. The summed E-state index contributed by atoms with van der Waals surface area (Å²) in [6, 6.07) is 3.23. The number of carbonyl (C=O) groups is 1. The van der Waals surface area contributed by atoms with Gasteiger partial charge >= 0.3 is 0 Å². The number of sulfone groups is 1. The van der Waals surface area contributed by atoms with E-state index in [4.69, 9.17) is 4.42 Å². The number of furan rings is 1. The maximum Gasteiger partial charge on any atom is 0.260 e. The van der Waals surface area contributed by atoms with Gasteiger partial charge in [-0.05, 0) is 25.1 Å². The Morgan fingerprint density at radius 1 is 1.47 bits per heavy atom. The minimum atomic E-state index is -3.05. The number of likely N-dealkylation sites (N-methyl/N-ethyl adjacent to an activating group) is 1. The topological polar surface area (TPSA) is 125 Å². The molecule has 1 atom stereocenters. The van der Waals surface area contributed by atoms with E-state index in [1.54, 1.807) is 18.4 Å². The molecule has 30 heavy (non-hydrogen) atoms. The van der Waals surface area contributed by atoms with Crippen LogP contribution < -0.4 is 10.9 Å². The SMILES string of the molecule is CCN(CC(=O)NC1CCS(=O)(=O)C1)Cc1nc2scc(-c3ccco3)c2c(=O)[nH]1. The quantitative estimate of drug-likeness (QED) is 0.557. The molecule has 11 heteroatoms. The standard InChI is InChI=1S/C19H22N4O5S2/c1-2-23(9-16(24)20-12-5-7-30(26,27)11-12)8-15-21-18(25)17-13(10-29-19(17)22-15)14-4-3-6-28-14/h3-4,6,10,12H,2,5,7-9,11H2,1H3,(H,20,24)(H,21,22,25). The van der Waals surface area contributed by atoms with Crippen LogP contribution >= 0.6 is 11.3 Å². The molecule has 0 bridgehead atoms. The molecule has 2 N–H and O–H groups in total. The Kier molecular flexibility index (Phi) is 5.76. The Hall–Kier alpha value is -2.50. The number of nitrogens with zero attached hydrogens (tertiary/aromatic N) is 2. The van der Waals surface area contributed by atoms with Crippen molar-refractivity contribution in [2.45, 2.75) is 25.9 Å². The van der Waals surface area contributed by atoms with E-state index in [-0.39, 0.29) is 35.6 Å².